The lowest BCUT2D eigenvalue weighted by Crippen LogP contribution is -2.28. The second-order valence-corrected chi connectivity index (χ2v) is 6.61. The molecule has 0 bridgehead atoms. The fourth-order valence-electron chi connectivity index (χ4n) is 3.09. The minimum Gasteiger partial charge on any atom is -0.369 e. The van der Waals surface area contributed by atoms with Crippen molar-refractivity contribution in [2.24, 2.45) is 11.8 Å². The smallest absolute Gasteiger partial charge is 0.0918 e. The SMILES string of the molecule is CC1CC(C)CC(OC(CI)c2ccccc2)C1. The Kier molecular flexibility index (Phi) is 5.49. The van der Waals surface area contributed by atoms with Gasteiger partial charge in [0, 0.05) is 4.43 Å². The van der Waals surface area contributed by atoms with E-state index in [0.29, 0.717) is 6.10 Å². The summed E-state index contributed by atoms with van der Waals surface area (Å²) in [5.41, 5.74) is 1.32. The van der Waals surface area contributed by atoms with Crippen LogP contribution in [0.5, 0.6) is 0 Å². The molecule has 1 nitrogen and oxygen atoms in total. The summed E-state index contributed by atoms with van der Waals surface area (Å²) in [5, 5.41) is 0. The van der Waals surface area contributed by atoms with Crippen LogP contribution in [0.15, 0.2) is 30.3 Å². The van der Waals surface area contributed by atoms with Crippen LogP contribution >= 0.6 is 22.6 Å². The van der Waals surface area contributed by atoms with Gasteiger partial charge in [-0.05, 0) is 36.7 Å². The molecule has 0 heterocycles. The maximum absolute atomic E-state index is 6.36. The zero-order chi connectivity index (χ0) is 13.0. The minimum absolute atomic E-state index is 0.259. The highest BCUT2D eigenvalue weighted by Crippen LogP contribution is 2.33. The first-order valence-corrected chi connectivity index (χ1v) is 8.48. The normalized spacial score (nSPS) is 30.1. The Labute approximate surface area is 124 Å². The topological polar surface area (TPSA) is 9.23 Å². The lowest BCUT2D eigenvalue weighted by Gasteiger charge is -2.33. The highest BCUT2D eigenvalue weighted by atomic mass is 127. The van der Waals surface area contributed by atoms with Crippen molar-refractivity contribution in [2.45, 2.75) is 45.3 Å². The fraction of sp³-hybridized carbons (Fsp3) is 0.625. The second-order valence-electron chi connectivity index (χ2n) is 5.73. The van der Waals surface area contributed by atoms with E-state index in [4.69, 9.17) is 4.74 Å². The molecule has 1 fully saturated rings. The number of ether oxygens (including phenoxy) is 1. The second kappa shape index (κ2) is 6.90. The lowest BCUT2D eigenvalue weighted by atomic mass is 9.81. The summed E-state index contributed by atoms with van der Waals surface area (Å²) in [6, 6.07) is 10.6. The third-order valence-corrected chi connectivity index (χ3v) is 4.60. The van der Waals surface area contributed by atoms with Crippen molar-refractivity contribution in [1.29, 1.82) is 0 Å². The summed E-state index contributed by atoms with van der Waals surface area (Å²) in [4.78, 5) is 0. The van der Waals surface area contributed by atoms with Gasteiger partial charge in [-0.2, -0.15) is 0 Å². The van der Waals surface area contributed by atoms with Gasteiger partial charge in [-0.15, -0.1) is 0 Å². The third kappa shape index (κ3) is 3.95. The Morgan fingerprint density at radius 1 is 1.11 bits per heavy atom. The molecule has 3 unspecified atom stereocenters. The summed E-state index contributed by atoms with van der Waals surface area (Å²) < 4.78 is 7.39. The first-order chi connectivity index (χ1) is 8.69. The number of hydrogen-bond acceptors (Lipinski definition) is 1. The van der Waals surface area contributed by atoms with Crippen molar-refractivity contribution >= 4 is 22.6 Å². The third-order valence-electron chi connectivity index (χ3n) is 3.80. The van der Waals surface area contributed by atoms with Crippen LogP contribution in [0.25, 0.3) is 0 Å². The van der Waals surface area contributed by atoms with E-state index in [1.165, 1.54) is 24.8 Å². The molecular weight excluding hydrogens is 335 g/mol. The lowest BCUT2D eigenvalue weighted by molar-refractivity contribution is -0.0394. The van der Waals surface area contributed by atoms with Crippen molar-refractivity contribution in [3.63, 3.8) is 0 Å². The minimum atomic E-state index is 0.259. The van der Waals surface area contributed by atoms with Crippen LogP contribution in [0, 0.1) is 11.8 Å². The monoisotopic (exact) mass is 358 g/mol. The van der Waals surface area contributed by atoms with Crippen LogP contribution in [0.2, 0.25) is 0 Å². The molecule has 1 aromatic rings. The van der Waals surface area contributed by atoms with Crippen LogP contribution in [0.1, 0.15) is 44.8 Å². The van der Waals surface area contributed by atoms with Gasteiger partial charge in [0.2, 0.25) is 0 Å². The van der Waals surface area contributed by atoms with E-state index in [2.05, 4.69) is 66.8 Å². The van der Waals surface area contributed by atoms with E-state index in [1.807, 2.05) is 0 Å². The first kappa shape index (κ1) is 14.3. The van der Waals surface area contributed by atoms with Crippen LogP contribution < -0.4 is 0 Å². The van der Waals surface area contributed by atoms with Crippen LogP contribution in [-0.2, 0) is 4.74 Å². The van der Waals surface area contributed by atoms with E-state index in [9.17, 15) is 0 Å². The zero-order valence-corrected chi connectivity index (χ0v) is 13.5. The van der Waals surface area contributed by atoms with Gasteiger partial charge in [-0.1, -0.05) is 66.8 Å². The largest absolute Gasteiger partial charge is 0.369 e. The van der Waals surface area contributed by atoms with E-state index in [1.54, 1.807) is 0 Å². The molecule has 3 atom stereocenters. The molecule has 2 heteroatoms. The van der Waals surface area contributed by atoms with Crippen molar-refractivity contribution in [1.82, 2.24) is 0 Å². The molecule has 0 aliphatic heterocycles. The summed E-state index contributed by atoms with van der Waals surface area (Å²) >= 11 is 2.43. The highest BCUT2D eigenvalue weighted by Gasteiger charge is 2.26. The van der Waals surface area contributed by atoms with Gasteiger partial charge in [-0.3, -0.25) is 0 Å². The molecule has 18 heavy (non-hydrogen) atoms. The Morgan fingerprint density at radius 2 is 1.72 bits per heavy atom. The number of hydrogen-bond donors (Lipinski definition) is 0. The maximum atomic E-state index is 6.36. The molecule has 1 aliphatic rings. The van der Waals surface area contributed by atoms with Gasteiger partial charge in [0.15, 0.2) is 0 Å². The molecule has 0 radical (unpaired) electrons. The number of alkyl halides is 1. The molecule has 1 aromatic carbocycles. The number of benzene rings is 1. The maximum Gasteiger partial charge on any atom is 0.0918 e. The number of rotatable bonds is 4. The molecule has 1 aliphatic carbocycles. The molecule has 0 amide bonds. The summed E-state index contributed by atoms with van der Waals surface area (Å²) in [7, 11) is 0. The molecule has 0 saturated heterocycles. The Morgan fingerprint density at radius 3 is 2.28 bits per heavy atom. The van der Waals surface area contributed by atoms with E-state index < -0.39 is 0 Å². The average Bonchev–Trinajstić information content (AvgIpc) is 2.36. The Bertz CT molecular complexity index is 341. The molecule has 0 aromatic heterocycles. The Balaban J connectivity index is 1.98. The first-order valence-electron chi connectivity index (χ1n) is 6.95. The number of halogens is 1. The van der Waals surface area contributed by atoms with Gasteiger partial charge in [0.1, 0.15) is 0 Å². The van der Waals surface area contributed by atoms with Crippen molar-refractivity contribution in [3.05, 3.63) is 35.9 Å². The van der Waals surface area contributed by atoms with Crippen molar-refractivity contribution < 1.29 is 4.74 Å². The van der Waals surface area contributed by atoms with Gasteiger partial charge in [0.25, 0.3) is 0 Å². The van der Waals surface area contributed by atoms with Crippen LogP contribution in [0.3, 0.4) is 0 Å². The molecule has 0 spiro atoms. The van der Waals surface area contributed by atoms with Gasteiger partial charge in [-0.25, -0.2) is 0 Å². The van der Waals surface area contributed by atoms with E-state index in [0.717, 1.165) is 16.3 Å². The predicted molar refractivity (Wildman–Crippen MR) is 85.1 cm³/mol. The highest BCUT2D eigenvalue weighted by molar-refractivity contribution is 14.1. The van der Waals surface area contributed by atoms with Gasteiger partial charge < -0.3 is 4.74 Å². The van der Waals surface area contributed by atoms with Crippen molar-refractivity contribution in [2.75, 3.05) is 4.43 Å². The zero-order valence-electron chi connectivity index (χ0n) is 11.3. The Hall–Kier alpha value is -0.0900. The molecule has 0 N–H and O–H groups in total. The van der Waals surface area contributed by atoms with E-state index >= 15 is 0 Å². The van der Waals surface area contributed by atoms with Crippen LogP contribution in [-0.4, -0.2) is 10.5 Å². The van der Waals surface area contributed by atoms with Gasteiger partial charge >= 0.3 is 0 Å². The molecular formula is C16H23IO. The van der Waals surface area contributed by atoms with E-state index in [-0.39, 0.29) is 6.10 Å². The van der Waals surface area contributed by atoms with Crippen molar-refractivity contribution in [3.8, 4) is 0 Å². The summed E-state index contributed by atoms with van der Waals surface area (Å²) in [5.74, 6) is 1.62. The standard InChI is InChI=1S/C16H23IO/c1-12-8-13(2)10-15(9-12)18-16(11-17)14-6-4-3-5-7-14/h3-7,12-13,15-16H,8-11H2,1-2H3. The summed E-state index contributed by atoms with van der Waals surface area (Å²) in [6.07, 6.45) is 4.52. The van der Waals surface area contributed by atoms with Crippen LogP contribution in [0.4, 0.5) is 0 Å². The molecule has 1 saturated carbocycles. The fourth-order valence-corrected chi connectivity index (χ4v) is 3.80. The summed E-state index contributed by atoms with van der Waals surface area (Å²) in [6.45, 7) is 4.71. The average molecular weight is 358 g/mol. The molecule has 100 valence electrons. The quantitative estimate of drug-likeness (QED) is 0.543. The molecule has 2 rings (SSSR count). The predicted octanol–water partition coefficient (Wildman–Crippen LogP) is 5.00. The van der Waals surface area contributed by atoms with Gasteiger partial charge in [0.05, 0.1) is 12.2 Å².